The minimum Gasteiger partial charge on any atom is -0.260 e. The van der Waals surface area contributed by atoms with Gasteiger partial charge in [-0.2, -0.15) is 0 Å². The molecular formula is C7H5IN2. The van der Waals surface area contributed by atoms with Crippen LogP contribution in [0.25, 0.3) is 0 Å². The zero-order chi connectivity index (χ0) is 6.97. The summed E-state index contributed by atoms with van der Waals surface area (Å²) >= 11 is 2.27. The summed E-state index contributed by atoms with van der Waals surface area (Å²) in [4.78, 5) is 8.41. The van der Waals surface area contributed by atoms with Gasteiger partial charge in [0.25, 0.3) is 0 Å². The van der Waals surface area contributed by atoms with E-state index in [0.29, 0.717) is 6.67 Å². The van der Waals surface area contributed by atoms with Crippen molar-refractivity contribution in [3.05, 3.63) is 32.5 Å². The van der Waals surface area contributed by atoms with Gasteiger partial charge in [0.1, 0.15) is 6.67 Å². The Hall–Kier alpha value is -0.450. The van der Waals surface area contributed by atoms with Crippen LogP contribution in [0, 0.1) is 3.57 Å². The Balaban J connectivity index is 2.97. The third kappa shape index (κ3) is 0.847. The number of halogens is 1. The van der Waals surface area contributed by atoms with Gasteiger partial charge < -0.3 is 0 Å². The molecule has 0 bridgehead atoms. The summed E-state index contributed by atoms with van der Waals surface area (Å²) in [7, 11) is 0. The molecule has 1 aromatic rings. The van der Waals surface area contributed by atoms with Gasteiger partial charge in [-0.05, 0) is 34.7 Å². The highest BCUT2D eigenvalue weighted by Crippen LogP contribution is 1.94. The molecule has 1 aliphatic heterocycles. The fourth-order valence-corrected chi connectivity index (χ4v) is 1.62. The lowest BCUT2D eigenvalue weighted by Crippen LogP contribution is -2.23. The molecule has 0 unspecified atom stereocenters. The minimum atomic E-state index is 0.606. The molecule has 0 spiro atoms. The number of fused-ring (bicyclic) bond motifs is 1. The molecule has 2 nitrogen and oxygen atoms in total. The summed E-state index contributed by atoms with van der Waals surface area (Å²) in [6.45, 7) is 0.606. The molecule has 1 heterocycles. The van der Waals surface area contributed by atoms with Crippen molar-refractivity contribution < 1.29 is 0 Å². The smallest absolute Gasteiger partial charge is 0.130 e. The lowest BCUT2D eigenvalue weighted by molar-refractivity contribution is 1.05. The van der Waals surface area contributed by atoms with Crippen LogP contribution in [0.4, 0.5) is 0 Å². The summed E-state index contributed by atoms with van der Waals surface area (Å²) in [5, 5.41) is 2.09. The maximum Gasteiger partial charge on any atom is 0.130 e. The molecule has 0 radical (unpaired) electrons. The van der Waals surface area contributed by atoms with Crippen molar-refractivity contribution in [1.29, 1.82) is 0 Å². The maximum atomic E-state index is 4.22. The van der Waals surface area contributed by atoms with Crippen LogP contribution in [0.5, 0.6) is 0 Å². The molecular weight excluding hydrogens is 239 g/mol. The molecule has 0 saturated carbocycles. The van der Waals surface area contributed by atoms with E-state index in [1.807, 2.05) is 18.2 Å². The zero-order valence-corrected chi connectivity index (χ0v) is 7.37. The zero-order valence-electron chi connectivity index (χ0n) is 5.21. The van der Waals surface area contributed by atoms with Gasteiger partial charge in [-0.3, -0.25) is 9.98 Å². The highest BCUT2D eigenvalue weighted by Gasteiger charge is 1.97. The van der Waals surface area contributed by atoms with Crippen molar-refractivity contribution in [2.75, 3.05) is 6.67 Å². The van der Waals surface area contributed by atoms with E-state index in [1.165, 1.54) is 3.57 Å². The van der Waals surface area contributed by atoms with Crippen molar-refractivity contribution in [1.82, 2.24) is 0 Å². The molecule has 1 aromatic carbocycles. The van der Waals surface area contributed by atoms with Gasteiger partial charge in [-0.15, -0.1) is 0 Å². The van der Waals surface area contributed by atoms with Gasteiger partial charge >= 0.3 is 0 Å². The average Bonchev–Trinajstić information content (AvgIpc) is 2.36. The first-order valence-electron chi connectivity index (χ1n) is 3.01. The molecule has 0 amide bonds. The van der Waals surface area contributed by atoms with Gasteiger partial charge in [0.15, 0.2) is 0 Å². The van der Waals surface area contributed by atoms with Crippen LogP contribution < -0.4 is 10.7 Å². The molecule has 50 valence electrons. The molecule has 0 aliphatic carbocycles. The maximum absolute atomic E-state index is 4.22. The number of nitrogens with zero attached hydrogens (tertiary/aromatic N) is 2. The first-order valence-corrected chi connectivity index (χ1v) is 4.09. The summed E-state index contributed by atoms with van der Waals surface area (Å²) < 4.78 is 1.19. The van der Waals surface area contributed by atoms with Crippen LogP contribution >= 0.6 is 22.6 Å². The molecule has 10 heavy (non-hydrogen) atoms. The largest absolute Gasteiger partial charge is 0.260 e. The van der Waals surface area contributed by atoms with E-state index in [1.54, 1.807) is 0 Å². The first-order chi connectivity index (χ1) is 4.88. The Labute approximate surface area is 71.8 Å². The van der Waals surface area contributed by atoms with Crippen molar-refractivity contribution >= 4 is 22.6 Å². The number of benzene rings is 1. The normalized spacial score (nSPS) is 13.7. The molecule has 1 aliphatic rings. The van der Waals surface area contributed by atoms with E-state index in [4.69, 9.17) is 0 Å². The second kappa shape index (κ2) is 2.30. The molecule has 2 rings (SSSR count). The Morgan fingerprint density at radius 3 is 3.00 bits per heavy atom. The molecule has 3 heteroatoms. The topological polar surface area (TPSA) is 24.7 Å². The van der Waals surface area contributed by atoms with E-state index >= 15 is 0 Å². The first kappa shape index (κ1) is 6.27. The van der Waals surface area contributed by atoms with Crippen LogP contribution in [0.15, 0.2) is 28.2 Å². The van der Waals surface area contributed by atoms with E-state index in [2.05, 4.69) is 32.6 Å². The average molecular weight is 244 g/mol. The van der Waals surface area contributed by atoms with E-state index in [9.17, 15) is 0 Å². The number of hydrogen-bond acceptors (Lipinski definition) is 2. The fraction of sp³-hybridized carbons (Fsp3) is 0.143. The fourth-order valence-electron chi connectivity index (χ4n) is 0.970. The lowest BCUT2D eigenvalue weighted by Gasteiger charge is -1.84. The monoisotopic (exact) mass is 244 g/mol. The van der Waals surface area contributed by atoms with Crippen LogP contribution in [0.3, 0.4) is 0 Å². The van der Waals surface area contributed by atoms with Gasteiger partial charge in [0.05, 0.1) is 10.7 Å². The molecule has 0 N–H and O–H groups in total. The number of para-hydroxylation sites is 1. The van der Waals surface area contributed by atoms with E-state index in [-0.39, 0.29) is 0 Å². The van der Waals surface area contributed by atoms with Crippen LogP contribution in [-0.2, 0) is 0 Å². The quantitative estimate of drug-likeness (QED) is 0.594. The summed E-state index contributed by atoms with van der Waals surface area (Å²) in [6, 6.07) is 6.04. The standard InChI is InChI=1S/C7H5IN2/c8-5-2-1-3-6-7(5)10-4-9-6/h1-3H,4H2. The SMILES string of the molecule is Ic1cccc2c1=NCN=2. The summed E-state index contributed by atoms with van der Waals surface area (Å²) in [5.41, 5.74) is 0. The highest BCUT2D eigenvalue weighted by molar-refractivity contribution is 14.1. The number of hydrogen-bond donors (Lipinski definition) is 0. The predicted molar refractivity (Wildman–Crippen MR) is 46.3 cm³/mol. The van der Waals surface area contributed by atoms with E-state index in [0.717, 1.165) is 10.7 Å². The Morgan fingerprint density at radius 2 is 2.20 bits per heavy atom. The Morgan fingerprint density at radius 1 is 1.30 bits per heavy atom. The molecule has 0 atom stereocenters. The molecule has 0 fully saturated rings. The predicted octanol–water partition coefficient (Wildman–Crippen LogP) is 0.501. The minimum absolute atomic E-state index is 0.606. The third-order valence-corrected chi connectivity index (χ3v) is 2.31. The highest BCUT2D eigenvalue weighted by atomic mass is 127. The van der Waals surface area contributed by atoms with Crippen molar-refractivity contribution in [2.24, 2.45) is 9.98 Å². The van der Waals surface area contributed by atoms with E-state index < -0.39 is 0 Å². The summed E-state index contributed by atoms with van der Waals surface area (Å²) in [6.07, 6.45) is 0. The molecule has 0 saturated heterocycles. The number of rotatable bonds is 0. The van der Waals surface area contributed by atoms with Crippen LogP contribution in [0.2, 0.25) is 0 Å². The van der Waals surface area contributed by atoms with Gasteiger partial charge in [0, 0.05) is 3.57 Å². The van der Waals surface area contributed by atoms with Gasteiger partial charge in [0.2, 0.25) is 0 Å². The van der Waals surface area contributed by atoms with Crippen molar-refractivity contribution in [3.8, 4) is 0 Å². The summed E-state index contributed by atoms with van der Waals surface area (Å²) in [5.74, 6) is 0. The Kier molecular flexibility index (Phi) is 1.44. The second-order valence-electron chi connectivity index (χ2n) is 2.07. The third-order valence-electron chi connectivity index (χ3n) is 1.44. The lowest BCUT2D eigenvalue weighted by atomic mass is 10.3. The van der Waals surface area contributed by atoms with Gasteiger partial charge in [-0.25, -0.2) is 0 Å². The Bertz CT molecular complexity index is 370. The van der Waals surface area contributed by atoms with Gasteiger partial charge in [-0.1, -0.05) is 6.07 Å². The second-order valence-corrected chi connectivity index (χ2v) is 3.23. The van der Waals surface area contributed by atoms with Crippen molar-refractivity contribution in [3.63, 3.8) is 0 Å². The molecule has 0 aromatic heterocycles. The van der Waals surface area contributed by atoms with Crippen molar-refractivity contribution in [2.45, 2.75) is 0 Å². The van der Waals surface area contributed by atoms with Crippen LogP contribution in [0.1, 0.15) is 0 Å². The van der Waals surface area contributed by atoms with Crippen LogP contribution in [-0.4, -0.2) is 6.67 Å².